The van der Waals surface area contributed by atoms with E-state index in [1.807, 2.05) is 0 Å². The second-order valence-corrected chi connectivity index (χ2v) is 11.7. The Morgan fingerprint density at radius 2 is 1.29 bits per heavy atom. The van der Waals surface area contributed by atoms with E-state index in [0.717, 1.165) is 32.4 Å². The summed E-state index contributed by atoms with van der Waals surface area (Å²) in [5, 5.41) is 2.76. The Morgan fingerprint density at radius 1 is 0.792 bits per heavy atom. The molecule has 0 aliphatic heterocycles. The predicted octanol–water partition coefficient (Wildman–Crippen LogP) is 3.69. The maximum atomic E-state index is 6.81. The van der Waals surface area contributed by atoms with Crippen molar-refractivity contribution in [3.63, 3.8) is 0 Å². The van der Waals surface area contributed by atoms with Crippen LogP contribution in [-0.2, 0) is 4.43 Å². The van der Waals surface area contributed by atoms with E-state index in [1.54, 1.807) is 0 Å². The molecule has 3 heteroatoms. The first-order valence-electron chi connectivity index (χ1n) is 8.97. The second kappa shape index (κ2) is 8.61. The molecular weight excluding hydrogens is 310 g/mol. The number of benzene rings is 2. The molecule has 0 unspecified atom stereocenters. The fraction of sp³-hybridized carbons (Fsp3) is 0.429. The van der Waals surface area contributed by atoms with Gasteiger partial charge in [0.25, 0.3) is 8.32 Å². The van der Waals surface area contributed by atoms with Gasteiger partial charge in [-0.3, -0.25) is 0 Å². The van der Waals surface area contributed by atoms with Gasteiger partial charge in [0.15, 0.2) is 0 Å². The molecule has 0 aromatic heterocycles. The molecule has 2 aromatic carbocycles. The van der Waals surface area contributed by atoms with Crippen molar-refractivity contribution in [1.29, 1.82) is 0 Å². The van der Waals surface area contributed by atoms with E-state index >= 15 is 0 Å². The van der Waals surface area contributed by atoms with E-state index in [1.165, 1.54) is 10.4 Å². The van der Waals surface area contributed by atoms with Crippen LogP contribution in [0.2, 0.25) is 5.04 Å². The van der Waals surface area contributed by atoms with Crippen molar-refractivity contribution in [3.05, 3.63) is 60.7 Å². The monoisotopic (exact) mass is 341 g/mol. The zero-order valence-corrected chi connectivity index (χ0v) is 16.3. The average Bonchev–Trinajstić information content (AvgIpc) is 2.59. The fourth-order valence-electron chi connectivity index (χ4n) is 3.41. The van der Waals surface area contributed by atoms with Crippen LogP contribution in [-0.4, -0.2) is 21.5 Å². The van der Waals surface area contributed by atoms with Gasteiger partial charge in [-0.25, -0.2) is 0 Å². The number of hydrogen-bond acceptors (Lipinski definition) is 2. The van der Waals surface area contributed by atoms with Gasteiger partial charge in [0.1, 0.15) is 0 Å². The molecule has 0 atom stereocenters. The molecular formula is C21H31NOSi. The SMILES string of the molecule is CC(C)(C)[Si](OCCCCCN)(c1ccccc1)c1ccccc1. The summed E-state index contributed by atoms with van der Waals surface area (Å²) in [6, 6.07) is 21.6. The molecule has 2 aromatic rings. The third kappa shape index (κ3) is 4.15. The van der Waals surface area contributed by atoms with Crippen molar-refractivity contribution in [3.8, 4) is 0 Å². The third-order valence-corrected chi connectivity index (χ3v) is 9.63. The molecule has 24 heavy (non-hydrogen) atoms. The molecule has 0 saturated heterocycles. The Bertz CT molecular complexity index is 553. The van der Waals surface area contributed by atoms with E-state index in [4.69, 9.17) is 10.2 Å². The molecule has 0 bridgehead atoms. The molecule has 0 spiro atoms. The van der Waals surface area contributed by atoms with Gasteiger partial charge in [0.2, 0.25) is 0 Å². The number of rotatable bonds is 8. The van der Waals surface area contributed by atoms with Crippen molar-refractivity contribution >= 4 is 18.7 Å². The van der Waals surface area contributed by atoms with Gasteiger partial charge < -0.3 is 10.2 Å². The third-order valence-electron chi connectivity index (χ3n) is 4.58. The first-order chi connectivity index (χ1) is 11.5. The van der Waals surface area contributed by atoms with Gasteiger partial charge in [0, 0.05) is 6.61 Å². The smallest absolute Gasteiger partial charge is 0.261 e. The zero-order chi connectivity index (χ0) is 17.5. The van der Waals surface area contributed by atoms with Gasteiger partial charge in [-0.1, -0.05) is 81.4 Å². The Hall–Kier alpha value is -1.42. The van der Waals surface area contributed by atoms with Crippen LogP contribution in [0.4, 0.5) is 0 Å². The van der Waals surface area contributed by atoms with Crippen LogP contribution >= 0.6 is 0 Å². The predicted molar refractivity (Wildman–Crippen MR) is 106 cm³/mol. The Morgan fingerprint density at radius 3 is 1.71 bits per heavy atom. The van der Waals surface area contributed by atoms with E-state index in [2.05, 4.69) is 81.4 Å². The van der Waals surface area contributed by atoms with E-state index < -0.39 is 8.32 Å². The van der Waals surface area contributed by atoms with Crippen LogP contribution < -0.4 is 16.1 Å². The summed E-state index contributed by atoms with van der Waals surface area (Å²) in [5.41, 5.74) is 5.62. The molecule has 2 rings (SSSR count). The number of nitrogens with two attached hydrogens (primary N) is 1. The largest absolute Gasteiger partial charge is 0.407 e. The fourth-order valence-corrected chi connectivity index (χ4v) is 8.02. The van der Waals surface area contributed by atoms with Gasteiger partial charge in [0.05, 0.1) is 0 Å². The summed E-state index contributed by atoms with van der Waals surface area (Å²) in [6.07, 6.45) is 3.28. The van der Waals surface area contributed by atoms with Gasteiger partial charge in [-0.15, -0.1) is 0 Å². The van der Waals surface area contributed by atoms with Crippen molar-refractivity contribution in [1.82, 2.24) is 0 Å². The maximum absolute atomic E-state index is 6.81. The van der Waals surface area contributed by atoms with Crippen molar-refractivity contribution < 1.29 is 4.43 Å². The summed E-state index contributed by atoms with van der Waals surface area (Å²) in [4.78, 5) is 0. The molecule has 0 radical (unpaired) electrons. The molecule has 130 valence electrons. The summed E-state index contributed by atoms with van der Waals surface area (Å²) in [7, 11) is -2.34. The topological polar surface area (TPSA) is 35.2 Å². The van der Waals surface area contributed by atoms with Crippen molar-refractivity contribution in [2.45, 2.75) is 45.1 Å². The van der Waals surface area contributed by atoms with Crippen LogP contribution in [0, 0.1) is 0 Å². The summed E-state index contributed by atoms with van der Waals surface area (Å²) in [5.74, 6) is 0. The first kappa shape index (κ1) is 18.9. The minimum atomic E-state index is -2.34. The van der Waals surface area contributed by atoms with Crippen LogP contribution in [0.5, 0.6) is 0 Å². The maximum Gasteiger partial charge on any atom is 0.261 e. The molecule has 0 aliphatic rings. The minimum Gasteiger partial charge on any atom is -0.407 e. The highest BCUT2D eigenvalue weighted by Crippen LogP contribution is 2.36. The van der Waals surface area contributed by atoms with Crippen molar-refractivity contribution in [2.24, 2.45) is 5.73 Å². The molecule has 0 heterocycles. The van der Waals surface area contributed by atoms with Crippen LogP contribution in [0.1, 0.15) is 40.0 Å². The lowest BCUT2D eigenvalue weighted by Gasteiger charge is -2.43. The van der Waals surface area contributed by atoms with Gasteiger partial charge in [-0.2, -0.15) is 0 Å². The lowest BCUT2D eigenvalue weighted by atomic mass is 10.2. The minimum absolute atomic E-state index is 0.0591. The van der Waals surface area contributed by atoms with Crippen molar-refractivity contribution in [2.75, 3.05) is 13.2 Å². The van der Waals surface area contributed by atoms with Crippen LogP contribution in [0.15, 0.2) is 60.7 Å². The quantitative estimate of drug-likeness (QED) is 0.587. The van der Waals surface area contributed by atoms with Crippen LogP contribution in [0.25, 0.3) is 0 Å². The van der Waals surface area contributed by atoms with E-state index in [0.29, 0.717) is 0 Å². The first-order valence-corrected chi connectivity index (χ1v) is 10.9. The van der Waals surface area contributed by atoms with Crippen LogP contribution in [0.3, 0.4) is 0 Å². The Labute approximate surface area is 148 Å². The molecule has 0 saturated carbocycles. The summed E-state index contributed by atoms with van der Waals surface area (Å²) in [6.45, 7) is 8.52. The lowest BCUT2D eigenvalue weighted by molar-refractivity contribution is 0.287. The van der Waals surface area contributed by atoms with E-state index in [-0.39, 0.29) is 5.04 Å². The number of unbranched alkanes of at least 4 members (excludes halogenated alkanes) is 2. The molecule has 0 fully saturated rings. The van der Waals surface area contributed by atoms with Gasteiger partial charge in [-0.05, 0) is 41.2 Å². The Balaban J connectivity index is 2.42. The molecule has 0 amide bonds. The zero-order valence-electron chi connectivity index (χ0n) is 15.3. The summed E-state index contributed by atoms with van der Waals surface area (Å²) >= 11 is 0. The lowest BCUT2D eigenvalue weighted by Crippen LogP contribution is -2.66. The van der Waals surface area contributed by atoms with Gasteiger partial charge >= 0.3 is 0 Å². The normalized spacial score (nSPS) is 12.3. The standard InChI is InChI=1S/C21H31NOSi/c1-21(2,3)24(19-13-7-4-8-14-19,20-15-9-5-10-16-20)23-18-12-6-11-17-22/h4-5,7-10,13-16H,6,11-12,17-18,22H2,1-3H3. The molecule has 2 N–H and O–H groups in total. The average molecular weight is 342 g/mol. The van der Waals surface area contributed by atoms with E-state index in [9.17, 15) is 0 Å². The highest BCUT2D eigenvalue weighted by molar-refractivity contribution is 6.99. The molecule has 2 nitrogen and oxygen atoms in total. The number of hydrogen-bond donors (Lipinski definition) is 1. The highest BCUT2D eigenvalue weighted by Gasteiger charge is 2.49. The second-order valence-electron chi connectivity index (χ2n) is 7.36. The highest BCUT2D eigenvalue weighted by atomic mass is 28.4. The summed E-state index contributed by atoms with van der Waals surface area (Å²) < 4.78 is 6.81. The molecule has 0 aliphatic carbocycles. The Kier molecular flexibility index (Phi) is 6.78.